The third-order valence-corrected chi connectivity index (χ3v) is 3.85. The van der Waals surface area contributed by atoms with Crippen LogP contribution in [0.5, 0.6) is 0 Å². The van der Waals surface area contributed by atoms with Crippen molar-refractivity contribution in [3.05, 3.63) is 64.1 Å². The van der Waals surface area contributed by atoms with Crippen molar-refractivity contribution in [2.24, 2.45) is 0 Å². The van der Waals surface area contributed by atoms with Crippen LogP contribution < -0.4 is 5.32 Å². The molecule has 0 aromatic heterocycles. The molecule has 0 aliphatic carbocycles. The molecule has 1 unspecified atom stereocenters. The normalized spacial score (nSPS) is 12.4. The molecule has 0 bridgehead atoms. The first kappa shape index (κ1) is 16.1. The van der Waals surface area contributed by atoms with Crippen LogP contribution in [-0.4, -0.2) is 25.0 Å². The van der Waals surface area contributed by atoms with E-state index in [1.807, 2.05) is 0 Å². The van der Waals surface area contributed by atoms with Crippen LogP contribution in [0.2, 0.25) is 0 Å². The lowest BCUT2D eigenvalue weighted by atomic mass is 10.1. The van der Waals surface area contributed by atoms with Gasteiger partial charge in [0, 0.05) is 22.7 Å². The lowest BCUT2D eigenvalue weighted by molar-refractivity contribution is 0.402. The molecular formula is C18H23BrN2. The second-order valence-electron chi connectivity index (χ2n) is 5.81. The molecule has 1 atom stereocenters. The van der Waals surface area contributed by atoms with Crippen molar-refractivity contribution in [1.82, 2.24) is 4.90 Å². The van der Waals surface area contributed by atoms with Gasteiger partial charge in [-0.25, -0.2) is 0 Å². The molecular weight excluding hydrogens is 324 g/mol. The first-order valence-corrected chi connectivity index (χ1v) is 8.07. The molecule has 0 radical (unpaired) electrons. The average Bonchev–Trinajstić information content (AvgIpc) is 2.43. The highest BCUT2D eigenvalue weighted by Crippen LogP contribution is 2.15. The quantitative estimate of drug-likeness (QED) is 0.824. The zero-order valence-electron chi connectivity index (χ0n) is 12.9. The van der Waals surface area contributed by atoms with Gasteiger partial charge in [0.2, 0.25) is 0 Å². The van der Waals surface area contributed by atoms with Gasteiger partial charge in [-0.2, -0.15) is 0 Å². The zero-order chi connectivity index (χ0) is 15.2. The highest BCUT2D eigenvalue weighted by Gasteiger charge is 2.04. The predicted octanol–water partition coefficient (Wildman–Crippen LogP) is 4.55. The number of hydrogen-bond donors (Lipinski definition) is 1. The minimum absolute atomic E-state index is 0.408. The summed E-state index contributed by atoms with van der Waals surface area (Å²) in [6.45, 7) is 3.20. The summed E-state index contributed by atoms with van der Waals surface area (Å²) in [6, 6.07) is 17.6. The monoisotopic (exact) mass is 346 g/mol. The van der Waals surface area contributed by atoms with Crippen molar-refractivity contribution in [1.29, 1.82) is 0 Å². The van der Waals surface area contributed by atoms with E-state index in [0.29, 0.717) is 6.04 Å². The van der Waals surface area contributed by atoms with E-state index < -0.39 is 0 Å². The second-order valence-corrected chi connectivity index (χ2v) is 6.73. The van der Waals surface area contributed by atoms with Crippen LogP contribution in [-0.2, 0) is 13.0 Å². The number of benzene rings is 2. The first-order chi connectivity index (χ1) is 10.0. The number of nitrogens with zero attached hydrogens (tertiary/aromatic N) is 1. The van der Waals surface area contributed by atoms with E-state index in [4.69, 9.17) is 0 Å². The molecule has 2 nitrogen and oxygen atoms in total. The van der Waals surface area contributed by atoms with Gasteiger partial charge in [0.05, 0.1) is 0 Å². The van der Waals surface area contributed by atoms with Crippen LogP contribution >= 0.6 is 15.9 Å². The molecule has 0 saturated heterocycles. The molecule has 0 aliphatic rings. The Morgan fingerprint density at radius 3 is 2.10 bits per heavy atom. The minimum atomic E-state index is 0.408. The number of nitrogens with one attached hydrogen (secondary N) is 1. The topological polar surface area (TPSA) is 15.3 Å². The zero-order valence-corrected chi connectivity index (χ0v) is 14.5. The smallest absolute Gasteiger partial charge is 0.0342 e. The van der Waals surface area contributed by atoms with E-state index in [9.17, 15) is 0 Å². The van der Waals surface area contributed by atoms with Crippen molar-refractivity contribution < 1.29 is 0 Å². The molecule has 2 aromatic rings. The fourth-order valence-electron chi connectivity index (χ4n) is 2.38. The molecule has 0 aliphatic heterocycles. The van der Waals surface area contributed by atoms with Crippen LogP contribution in [0, 0.1) is 0 Å². The highest BCUT2D eigenvalue weighted by atomic mass is 79.9. The molecule has 0 amide bonds. The average molecular weight is 347 g/mol. The summed E-state index contributed by atoms with van der Waals surface area (Å²) in [5.74, 6) is 0. The van der Waals surface area contributed by atoms with Crippen LogP contribution in [0.25, 0.3) is 0 Å². The fraction of sp³-hybridized carbons (Fsp3) is 0.333. The van der Waals surface area contributed by atoms with Gasteiger partial charge in [-0.3, -0.25) is 0 Å². The summed E-state index contributed by atoms with van der Waals surface area (Å²) in [7, 11) is 4.18. The molecule has 0 saturated carbocycles. The minimum Gasteiger partial charge on any atom is -0.382 e. The molecule has 112 valence electrons. The molecule has 21 heavy (non-hydrogen) atoms. The van der Waals surface area contributed by atoms with Crippen LogP contribution in [0.15, 0.2) is 53.0 Å². The van der Waals surface area contributed by atoms with Crippen molar-refractivity contribution in [3.63, 3.8) is 0 Å². The summed E-state index contributed by atoms with van der Waals surface area (Å²) >= 11 is 3.47. The highest BCUT2D eigenvalue weighted by molar-refractivity contribution is 9.10. The fourth-order valence-corrected chi connectivity index (χ4v) is 2.65. The van der Waals surface area contributed by atoms with Crippen molar-refractivity contribution in [2.75, 3.05) is 19.4 Å². The third kappa shape index (κ3) is 5.52. The molecule has 2 aromatic carbocycles. The second kappa shape index (κ2) is 7.62. The van der Waals surface area contributed by atoms with E-state index in [2.05, 4.69) is 95.7 Å². The molecule has 1 N–H and O–H groups in total. The Labute approximate surface area is 136 Å². The van der Waals surface area contributed by atoms with Gasteiger partial charge in [0.25, 0.3) is 0 Å². The summed E-state index contributed by atoms with van der Waals surface area (Å²) in [5.41, 5.74) is 3.87. The van der Waals surface area contributed by atoms with E-state index in [0.717, 1.165) is 17.4 Å². The Kier molecular flexibility index (Phi) is 5.83. The van der Waals surface area contributed by atoms with E-state index in [1.54, 1.807) is 0 Å². The predicted molar refractivity (Wildman–Crippen MR) is 94.8 cm³/mol. The Bertz CT molecular complexity index is 546. The summed E-state index contributed by atoms with van der Waals surface area (Å²) in [5, 5.41) is 3.56. The SMILES string of the molecule is CC(Cc1ccc(Br)cc1)Nc1ccc(CN(C)C)cc1. The van der Waals surface area contributed by atoms with Crippen LogP contribution in [0.4, 0.5) is 5.69 Å². The standard InChI is InChI=1S/C18H23BrN2/c1-14(12-15-4-8-17(19)9-5-15)20-18-10-6-16(7-11-18)13-21(2)3/h4-11,14,20H,12-13H2,1-3H3. The Morgan fingerprint density at radius 1 is 0.952 bits per heavy atom. The van der Waals surface area contributed by atoms with Gasteiger partial charge in [-0.15, -0.1) is 0 Å². The maximum atomic E-state index is 3.56. The largest absolute Gasteiger partial charge is 0.382 e. The Morgan fingerprint density at radius 2 is 1.52 bits per heavy atom. The van der Waals surface area contributed by atoms with Gasteiger partial charge in [-0.1, -0.05) is 40.2 Å². The first-order valence-electron chi connectivity index (χ1n) is 7.27. The number of halogens is 1. The summed E-state index contributed by atoms with van der Waals surface area (Å²) in [4.78, 5) is 2.18. The van der Waals surface area contributed by atoms with Crippen molar-refractivity contribution in [2.45, 2.75) is 25.9 Å². The van der Waals surface area contributed by atoms with Crippen molar-refractivity contribution >= 4 is 21.6 Å². The maximum absolute atomic E-state index is 3.56. The molecule has 0 fully saturated rings. The lowest BCUT2D eigenvalue weighted by Gasteiger charge is -2.16. The van der Waals surface area contributed by atoms with E-state index in [-0.39, 0.29) is 0 Å². The van der Waals surface area contributed by atoms with Gasteiger partial charge >= 0.3 is 0 Å². The Balaban J connectivity index is 1.90. The van der Waals surface area contributed by atoms with Gasteiger partial charge in [0.15, 0.2) is 0 Å². The lowest BCUT2D eigenvalue weighted by Crippen LogP contribution is -2.18. The van der Waals surface area contributed by atoms with Gasteiger partial charge in [0.1, 0.15) is 0 Å². The van der Waals surface area contributed by atoms with E-state index in [1.165, 1.54) is 16.8 Å². The Hall–Kier alpha value is -1.32. The van der Waals surface area contributed by atoms with E-state index >= 15 is 0 Å². The maximum Gasteiger partial charge on any atom is 0.0342 e. The third-order valence-electron chi connectivity index (χ3n) is 3.32. The van der Waals surface area contributed by atoms with Gasteiger partial charge in [-0.05, 0) is 62.8 Å². The molecule has 0 heterocycles. The molecule has 2 rings (SSSR count). The molecule has 0 spiro atoms. The van der Waals surface area contributed by atoms with Gasteiger partial charge < -0.3 is 10.2 Å². The number of anilines is 1. The summed E-state index contributed by atoms with van der Waals surface area (Å²) in [6.07, 6.45) is 1.02. The van der Waals surface area contributed by atoms with Crippen molar-refractivity contribution in [3.8, 4) is 0 Å². The molecule has 3 heteroatoms. The van der Waals surface area contributed by atoms with Crippen LogP contribution in [0.1, 0.15) is 18.1 Å². The number of rotatable bonds is 6. The number of hydrogen-bond acceptors (Lipinski definition) is 2. The summed E-state index contributed by atoms with van der Waals surface area (Å²) < 4.78 is 1.13. The van der Waals surface area contributed by atoms with Crippen LogP contribution in [0.3, 0.4) is 0 Å².